The molecule has 1 aliphatic carbocycles. The molecule has 1 saturated carbocycles. The summed E-state index contributed by atoms with van der Waals surface area (Å²) in [5, 5.41) is 5.58. The number of halogens is 1. The number of carbonyl (C=O) groups excluding carboxylic acids is 1. The first kappa shape index (κ1) is 13.5. The fourth-order valence-electron chi connectivity index (χ4n) is 1.78. The Bertz CT molecular complexity index is 622. The molecule has 5 heteroatoms. The van der Waals surface area contributed by atoms with E-state index >= 15 is 0 Å². The third kappa shape index (κ3) is 3.52. The van der Waals surface area contributed by atoms with Crippen LogP contribution in [0.1, 0.15) is 28.1 Å². The predicted octanol–water partition coefficient (Wildman–Crippen LogP) is 3.87. The van der Waals surface area contributed by atoms with Gasteiger partial charge in [0.2, 0.25) is 0 Å². The van der Waals surface area contributed by atoms with Crippen molar-refractivity contribution in [3.8, 4) is 5.75 Å². The Hall–Kier alpha value is -1.52. The summed E-state index contributed by atoms with van der Waals surface area (Å²) >= 11 is 7.34. The maximum atomic E-state index is 11.9. The Morgan fingerprint density at radius 1 is 1.40 bits per heavy atom. The van der Waals surface area contributed by atoms with Crippen molar-refractivity contribution in [2.45, 2.75) is 25.5 Å². The van der Waals surface area contributed by atoms with Crippen LogP contribution in [0.5, 0.6) is 5.75 Å². The van der Waals surface area contributed by atoms with E-state index in [0.29, 0.717) is 17.7 Å². The van der Waals surface area contributed by atoms with Crippen molar-refractivity contribution in [2.75, 3.05) is 0 Å². The number of amides is 1. The van der Waals surface area contributed by atoms with Crippen molar-refractivity contribution in [1.29, 1.82) is 0 Å². The molecule has 1 aromatic carbocycles. The Morgan fingerprint density at radius 3 is 3.00 bits per heavy atom. The SMILES string of the molecule is O=C(NC1CC1)c1cc(COc2cccc(Cl)c2)cs1. The second kappa shape index (κ2) is 5.85. The van der Waals surface area contributed by atoms with Gasteiger partial charge in [-0.1, -0.05) is 17.7 Å². The fourth-order valence-corrected chi connectivity index (χ4v) is 2.76. The quantitative estimate of drug-likeness (QED) is 0.910. The van der Waals surface area contributed by atoms with E-state index in [1.807, 2.05) is 23.6 Å². The van der Waals surface area contributed by atoms with Gasteiger partial charge in [0.25, 0.3) is 5.91 Å². The third-order valence-electron chi connectivity index (χ3n) is 2.99. The van der Waals surface area contributed by atoms with E-state index < -0.39 is 0 Å². The number of carbonyl (C=O) groups is 1. The molecule has 1 fully saturated rings. The van der Waals surface area contributed by atoms with Gasteiger partial charge in [-0.25, -0.2) is 0 Å². The van der Waals surface area contributed by atoms with Crippen LogP contribution < -0.4 is 10.1 Å². The number of rotatable bonds is 5. The van der Waals surface area contributed by atoms with Crippen molar-refractivity contribution in [2.24, 2.45) is 0 Å². The summed E-state index contributed by atoms with van der Waals surface area (Å²) in [6, 6.07) is 9.55. The van der Waals surface area contributed by atoms with Crippen LogP contribution in [-0.2, 0) is 6.61 Å². The van der Waals surface area contributed by atoms with Crippen molar-refractivity contribution in [1.82, 2.24) is 5.32 Å². The first-order valence-corrected chi connectivity index (χ1v) is 7.73. The lowest BCUT2D eigenvalue weighted by Gasteiger charge is -2.04. The van der Waals surface area contributed by atoms with Crippen molar-refractivity contribution in [3.63, 3.8) is 0 Å². The van der Waals surface area contributed by atoms with Crippen LogP contribution in [0, 0.1) is 0 Å². The normalized spacial score (nSPS) is 14.1. The first-order chi connectivity index (χ1) is 9.70. The molecule has 1 aromatic heterocycles. The Labute approximate surface area is 126 Å². The topological polar surface area (TPSA) is 38.3 Å². The van der Waals surface area contributed by atoms with Gasteiger partial charge >= 0.3 is 0 Å². The van der Waals surface area contributed by atoms with Crippen molar-refractivity contribution >= 4 is 28.8 Å². The zero-order valence-corrected chi connectivity index (χ0v) is 12.3. The second-order valence-corrected chi connectivity index (χ2v) is 6.16. The van der Waals surface area contributed by atoms with Gasteiger partial charge in [0.1, 0.15) is 12.4 Å². The van der Waals surface area contributed by atoms with Crippen LogP contribution in [0.4, 0.5) is 0 Å². The van der Waals surface area contributed by atoms with E-state index in [4.69, 9.17) is 16.3 Å². The Morgan fingerprint density at radius 2 is 2.25 bits per heavy atom. The third-order valence-corrected chi connectivity index (χ3v) is 4.20. The van der Waals surface area contributed by atoms with Crippen molar-refractivity contribution < 1.29 is 9.53 Å². The summed E-state index contributed by atoms with van der Waals surface area (Å²) in [6.07, 6.45) is 2.20. The molecule has 3 nitrogen and oxygen atoms in total. The van der Waals surface area contributed by atoms with Gasteiger partial charge in [0, 0.05) is 16.6 Å². The van der Waals surface area contributed by atoms with Crippen LogP contribution in [-0.4, -0.2) is 11.9 Å². The zero-order chi connectivity index (χ0) is 13.9. The summed E-state index contributed by atoms with van der Waals surface area (Å²) in [5.74, 6) is 0.749. The van der Waals surface area contributed by atoms with Crippen LogP contribution in [0.3, 0.4) is 0 Å². The lowest BCUT2D eigenvalue weighted by Crippen LogP contribution is -2.24. The summed E-state index contributed by atoms with van der Waals surface area (Å²) < 4.78 is 5.65. The van der Waals surface area contributed by atoms with E-state index in [1.165, 1.54) is 11.3 Å². The number of hydrogen-bond donors (Lipinski definition) is 1. The Kier molecular flexibility index (Phi) is 3.94. The zero-order valence-electron chi connectivity index (χ0n) is 10.8. The highest BCUT2D eigenvalue weighted by Crippen LogP contribution is 2.23. The van der Waals surface area contributed by atoms with E-state index in [0.717, 1.165) is 29.0 Å². The van der Waals surface area contributed by atoms with E-state index in [1.54, 1.807) is 12.1 Å². The highest BCUT2D eigenvalue weighted by molar-refractivity contribution is 7.12. The molecule has 0 radical (unpaired) electrons. The van der Waals surface area contributed by atoms with E-state index in [-0.39, 0.29) is 5.91 Å². The summed E-state index contributed by atoms with van der Waals surface area (Å²) in [7, 11) is 0. The number of hydrogen-bond acceptors (Lipinski definition) is 3. The summed E-state index contributed by atoms with van der Waals surface area (Å²) in [6.45, 7) is 0.438. The maximum Gasteiger partial charge on any atom is 0.261 e. The molecule has 0 saturated heterocycles. The van der Waals surface area contributed by atoms with Crippen LogP contribution in [0.25, 0.3) is 0 Å². The highest BCUT2D eigenvalue weighted by atomic mass is 35.5. The molecule has 104 valence electrons. The monoisotopic (exact) mass is 307 g/mol. The maximum absolute atomic E-state index is 11.9. The smallest absolute Gasteiger partial charge is 0.261 e. The fraction of sp³-hybridized carbons (Fsp3) is 0.267. The standard InChI is InChI=1S/C15H14ClNO2S/c16-11-2-1-3-13(7-11)19-8-10-6-14(20-9-10)15(18)17-12-4-5-12/h1-3,6-7,9,12H,4-5,8H2,(H,17,18). The first-order valence-electron chi connectivity index (χ1n) is 6.47. The average molecular weight is 308 g/mol. The lowest BCUT2D eigenvalue weighted by molar-refractivity contribution is 0.0955. The molecule has 0 bridgehead atoms. The second-order valence-electron chi connectivity index (χ2n) is 4.81. The van der Waals surface area contributed by atoms with Crippen LogP contribution in [0.2, 0.25) is 5.02 Å². The van der Waals surface area contributed by atoms with Gasteiger partial charge in [-0.3, -0.25) is 4.79 Å². The number of nitrogens with one attached hydrogen (secondary N) is 1. The highest BCUT2D eigenvalue weighted by Gasteiger charge is 2.24. The number of benzene rings is 1. The molecule has 1 amide bonds. The van der Waals surface area contributed by atoms with E-state index in [9.17, 15) is 4.79 Å². The molecule has 0 atom stereocenters. The van der Waals surface area contributed by atoms with Gasteiger partial charge in [-0.05, 0) is 42.5 Å². The minimum Gasteiger partial charge on any atom is -0.489 e. The van der Waals surface area contributed by atoms with E-state index in [2.05, 4.69) is 5.32 Å². The minimum atomic E-state index is 0.0199. The lowest BCUT2D eigenvalue weighted by atomic mass is 10.3. The molecular weight excluding hydrogens is 294 g/mol. The summed E-state index contributed by atoms with van der Waals surface area (Å²) in [4.78, 5) is 12.6. The van der Waals surface area contributed by atoms with Gasteiger partial charge in [0.15, 0.2) is 0 Å². The minimum absolute atomic E-state index is 0.0199. The molecule has 3 rings (SSSR count). The van der Waals surface area contributed by atoms with Crippen molar-refractivity contribution in [3.05, 3.63) is 51.2 Å². The Balaban J connectivity index is 1.58. The molecule has 1 aliphatic rings. The number of thiophene rings is 1. The molecule has 0 aliphatic heterocycles. The average Bonchev–Trinajstić information content (AvgIpc) is 3.11. The van der Waals surface area contributed by atoms with Gasteiger partial charge in [-0.2, -0.15) is 0 Å². The molecular formula is C15H14ClNO2S. The summed E-state index contributed by atoms with van der Waals surface area (Å²) in [5.41, 5.74) is 0.996. The molecule has 20 heavy (non-hydrogen) atoms. The number of ether oxygens (including phenoxy) is 1. The molecule has 0 unspecified atom stereocenters. The predicted molar refractivity (Wildman–Crippen MR) is 80.6 cm³/mol. The molecule has 1 N–H and O–H groups in total. The van der Waals surface area contributed by atoms with Gasteiger partial charge in [0.05, 0.1) is 4.88 Å². The van der Waals surface area contributed by atoms with Crippen LogP contribution in [0.15, 0.2) is 35.7 Å². The van der Waals surface area contributed by atoms with Crippen LogP contribution >= 0.6 is 22.9 Å². The largest absolute Gasteiger partial charge is 0.489 e. The molecule has 0 spiro atoms. The molecule has 2 aromatic rings. The molecule has 1 heterocycles. The van der Waals surface area contributed by atoms with Gasteiger partial charge < -0.3 is 10.1 Å². The van der Waals surface area contributed by atoms with Gasteiger partial charge in [-0.15, -0.1) is 11.3 Å².